The number of hydrogen-bond donors (Lipinski definition) is 1. The van der Waals surface area contributed by atoms with E-state index in [-0.39, 0.29) is 18.0 Å². The predicted octanol–water partition coefficient (Wildman–Crippen LogP) is 1.70. The molecule has 7 heteroatoms. The Balaban J connectivity index is 2.88. The van der Waals surface area contributed by atoms with Crippen molar-refractivity contribution in [1.82, 2.24) is 0 Å². The molecule has 1 unspecified atom stereocenters. The summed E-state index contributed by atoms with van der Waals surface area (Å²) in [6.45, 7) is 1.39. The summed E-state index contributed by atoms with van der Waals surface area (Å²) in [5, 5.41) is 19.3. The summed E-state index contributed by atoms with van der Waals surface area (Å²) in [6.07, 6.45) is 0. The number of hydrogen-bond acceptors (Lipinski definition) is 5. The zero-order chi connectivity index (χ0) is 13.7. The standard InChI is InChI=1S/C11H13NO6/c1-7(11(13)14)6-18-10-5-8(12(15)16)3-4-9(10)17-2/h3-5,7H,6H2,1-2H3,(H,13,14). The minimum Gasteiger partial charge on any atom is -0.493 e. The fourth-order valence-corrected chi connectivity index (χ4v) is 1.18. The molecule has 0 aliphatic rings. The van der Waals surface area contributed by atoms with Crippen molar-refractivity contribution in [2.45, 2.75) is 6.92 Å². The molecule has 0 heterocycles. The second kappa shape index (κ2) is 5.85. The van der Waals surface area contributed by atoms with Gasteiger partial charge in [0, 0.05) is 6.07 Å². The maximum atomic E-state index is 10.6. The molecule has 0 fully saturated rings. The number of aliphatic carboxylic acids is 1. The van der Waals surface area contributed by atoms with E-state index in [2.05, 4.69) is 0 Å². The van der Waals surface area contributed by atoms with Crippen LogP contribution >= 0.6 is 0 Å². The van der Waals surface area contributed by atoms with Gasteiger partial charge in [-0.1, -0.05) is 0 Å². The molecule has 0 amide bonds. The van der Waals surface area contributed by atoms with E-state index in [4.69, 9.17) is 14.6 Å². The Bertz CT molecular complexity index is 459. The van der Waals surface area contributed by atoms with E-state index >= 15 is 0 Å². The van der Waals surface area contributed by atoms with E-state index in [1.165, 1.54) is 32.2 Å². The van der Waals surface area contributed by atoms with E-state index in [1.807, 2.05) is 0 Å². The largest absolute Gasteiger partial charge is 0.493 e. The highest BCUT2D eigenvalue weighted by Gasteiger charge is 2.16. The van der Waals surface area contributed by atoms with Crippen LogP contribution in [0.5, 0.6) is 11.5 Å². The number of carbonyl (C=O) groups is 1. The van der Waals surface area contributed by atoms with Crippen LogP contribution in [0.1, 0.15) is 6.92 Å². The zero-order valence-corrected chi connectivity index (χ0v) is 9.95. The molecule has 98 valence electrons. The third-order valence-electron chi connectivity index (χ3n) is 2.27. The molecule has 0 radical (unpaired) electrons. The maximum absolute atomic E-state index is 10.6. The van der Waals surface area contributed by atoms with E-state index < -0.39 is 16.8 Å². The molecule has 0 bridgehead atoms. The van der Waals surface area contributed by atoms with Gasteiger partial charge in [0.25, 0.3) is 5.69 Å². The van der Waals surface area contributed by atoms with E-state index in [1.54, 1.807) is 0 Å². The summed E-state index contributed by atoms with van der Waals surface area (Å²) >= 11 is 0. The molecule has 1 rings (SSSR count). The molecule has 1 aromatic carbocycles. The van der Waals surface area contributed by atoms with Gasteiger partial charge in [0.2, 0.25) is 0 Å². The summed E-state index contributed by atoms with van der Waals surface area (Å²) in [7, 11) is 1.40. The topological polar surface area (TPSA) is 98.9 Å². The Hall–Kier alpha value is -2.31. The molecule has 1 aromatic rings. The number of nitro groups is 1. The molecule has 1 N–H and O–H groups in total. The van der Waals surface area contributed by atoms with Crippen LogP contribution in [-0.2, 0) is 4.79 Å². The molecular formula is C11H13NO6. The van der Waals surface area contributed by atoms with Gasteiger partial charge in [0.05, 0.1) is 24.0 Å². The summed E-state index contributed by atoms with van der Waals surface area (Å²) in [6, 6.07) is 3.89. The second-order valence-electron chi connectivity index (χ2n) is 3.64. The van der Waals surface area contributed by atoms with Crippen molar-refractivity contribution in [3.63, 3.8) is 0 Å². The van der Waals surface area contributed by atoms with Gasteiger partial charge in [-0.15, -0.1) is 0 Å². The number of carboxylic acid groups (broad SMARTS) is 1. The average Bonchev–Trinajstić information content (AvgIpc) is 2.35. The van der Waals surface area contributed by atoms with Crippen molar-refractivity contribution >= 4 is 11.7 Å². The summed E-state index contributed by atoms with van der Waals surface area (Å²) in [5.41, 5.74) is -0.145. The van der Waals surface area contributed by atoms with Gasteiger partial charge in [-0.2, -0.15) is 0 Å². The van der Waals surface area contributed by atoms with Crippen molar-refractivity contribution in [2.75, 3.05) is 13.7 Å². The number of nitrogens with zero attached hydrogens (tertiary/aromatic N) is 1. The van der Waals surface area contributed by atoms with Gasteiger partial charge in [-0.05, 0) is 13.0 Å². The Kier molecular flexibility index (Phi) is 4.47. The predicted molar refractivity (Wildman–Crippen MR) is 61.9 cm³/mol. The van der Waals surface area contributed by atoms with E-state index in [0.29, 0.717) is 5.75 Å². The van der Waals surface area contributed by atoms with Gasteiger partial charge >= 0.3 is 5.97 Å². The van der Waals surface area contributed by atoms with Gasteiger partial charge in [0.15, 0.2) is 11.5 Å². The SMILES string of the molecule is COc1ccc([N+](=O)[O-])cc1OCC(C)C(=O)O. The third-order valence-corrected chi connectivity index (χ3v) is 2.27. The second-order valence-corrected chi connectivity index (χ2v) is 3.64. The van der Waals surface area contributed by atoms with Crippen LogP contribution < -0.4 is 9.47 Å². The molecular weight excluding hydrogens is 242 g/mol. The lowest BCUT2D eigenvalue weighted by Crippen LogP contribution is -2.18. The molecule has 0 spiro atoms. The molecule has 18 heavy (non-hydrogen) atoms. The first-order chi connectivity index (χ1) is 8.45. The monoisotopic (exact) mass is 255 g/mol. The normalized spacial score (nSPS) is 11.7. The number of rotatable bonds is 6. The number of carboxylic acids is 1. The molecule has 0 saturated carbocycles. The van der Waals surface area contributed by atoms with E-state index in [0.717, 1.165) is 0 Å². The highest BCUT2D eigenvalue weighted by Crippen LogP contribution is 2.31. The maximum Gasteiger partial charge on any atom is 0.309 e. The van der Waals surface area contributed by atoms with Crippen molar-refractivity contribution < 1.29 is 24.3 Å². The Morgan fingerprint density at radius 1 is 1.50 bits per heavy atom. The lowest BCUT2D eigenvalue weighted by molar-refractivity contribution is -0.385. The van der Waals surface area contributed by atoms with Crippen molar-refractivity contribution in [2.24, 2.45) is 5.92 Å². The fraction of sp³-hybridized carbons (Fsp3) is 0.364. The summed E-state index contributed by atoms with van der Waals surface area (Å²) in [4.78, 5) is 20.7. The van der Waals surface area contributed by atoms with Crippen LogP contribution in [0.4, 0.5) is 5.69 Å². The number of non-ortho nitro benzene ring substituents is 1. The minimum atomic E-state index is -1.00. The van der Waals surface area contributed by atoms with Gasteiger partial charge in [-0.3, -0.25) is 14.9 Å². The van der Waals surface area contributed by atoms with Gasteiger partial charge in [0.1, 0.15) is 6.61 Å². The zero-order valence-electron chi connectivity index (χ0n) is 9.95. The summed E-state index contributed by atoms with van der Waals surface area (Å²) in [5.74, 6) is -1.24. The molecule has 0 aliphatic heterocycles. The fourth-order valence-electron chi connectivity index (χ4n) is 1.18. The molecule has 0 saturated heterocycles. The van der Waals surface area contributed by atoms with Gasteiger partial charge in [-0.25, -0.2) is 0 Å². The lowest BCUT2D eigenvalue weighted by Gasteiger charge is -2.12. The number of nitro benzene ring substituents is 1. The van der Waals surface area contributed by atoms with Crippen molar-refractivity contribution in [1.29, 1.82) is 0 Å². The number of methoxy groups -OCH3 is 1. The minimum absolute atomic E-state index is 0.0904. The average molecular weight is 255 g/mol. The summed E-state index contributed by atoms with van der Waals surface area (Å²) < 4.78 is 10.2. The first kappa shape index (κ1) is 13.8. The highest BCUT2D eigenvalue weighted by atomic mass is 16.6. The first-order valence-corrected chi connectivity index (χ1v) is 5.13. The Morgan fingerprint density at radius 3 is 2.67 bits per heavy atom. The smallest absolute Gasteiger partial charge is 0.309 e. The third kappa shape index (κ3) is 3.34. The first-order valence-electron chi connectivity index (χ1n) is 5.13. The quantitative estimate of drug-likeness (QED) is 0.613. The highest BCUT2D eigenvalue weighted by molar-refractivity contribution is 5.69. The molecule has 7 nitrogen and oxygen atoms in total. The lowest BCUT2D eigenvalue weighted by atomic mass is 10.2. The Labute approximate surface area is 103 Å². The Morgan fingerprint density at radius 2 is 2.17 bits per heavy atom. The van der Waals surface area contributed by atoms with Gasteiger partial charge < -0.3 is 14.6 Å². The molecule has 0 aromatic heterocycles. The number of benzene rings is 1. The van der Waals surface area contributed by atoms with Crippen molar-refractivity contribution in [3.8, 4) is 11.5 Å². The van der Waals surface area contributed by atoms with Crippen LogP contribution in [-0.4, -0.2) is 29.7 Å². The van der Waals surface area contributed by atoms with Crippen molar-refractivity contribution in [3.05, 3.63) is 28.3 Å². The van der Waals surface area contributed by atoms with E-state index in [9.17, 15) is 14.9 Å². The van der Waals surface area contributed by atoms with Crippen LogP contribution in [0.15, 0.2) is 18.2 Å². The molecule has 1 atom stereocenters. The van der Waals surface area contributed by atoms with Crippen LogP contribution in [0.3, 0.4) is 0 Å². The van der Waals surface area contributed by atoms with Crippen LogP contribution in [0.2, 0.25) is 0 Å². The number of ether oxygens (including phenoxy) is 2. The molecule has 0 aliphatic carbocycles. The van der Waals surface area contributed by atoms with Crippen LogP contribution in [0.25, 0.3) is 0 Å². The van der Waals surface area contributed by atoms with Crippen LogP contribution in [0, 0.1) is 16.0 Å².